The van der Waals surface area contributed by atoms with Gasteiger partial charge in [-0.25, -0.2) is 8.78 Å². The predicted octanol–water partition coefficient (Wildman–Crippen LogP) is -6.51. The van der Waals surface area contributed by atoms with Gasteiger partial charge in [0.05, 0.1) is 11.6 Å². The fraction of sp³-hybridized carbons (Fsp3) is 0. The van der Waals surface area contributed by atoms with Crippen LogP contribution in [0.4, 0.5) is 8.78 Å². The molecule has 92 valence electrons. The summed E-state index contributed by atoms with van der Waals surface area (Å²) in [7, 11) is 0.558. The maximum absolute atomic E-state index is 13.3. The molecule has 0 fully saturated rings. The molecule has 0 saturated heterocycles. The Bertz CT molecular complexity index is 445. The average Bonchev–Trinajstić information content (AvgIpc) is 2.24. The summed E-state index contributed by atoms with van der Waals surface area (Å²) in [6.07, 6.45) is 0. The molecule has 0 aliphatic heterocycles. The third-order valence-corrected chi connectivity index (χ3v) is 3.15. The molecule has 2 aromatic rings. The minimum atomic E-state index is -0.303. The van der Waals surface area contributed by atoms with Crippen molar-refractivity contribution in [3.63, 3.8) is 0 Å². The van der Waals surface area contributed by atoms with Crippen LogP contribution < -0.4 is 54.3 Å². The summed E-state index contributed by atoms with van der Waals surface area (Å²) in [4.78, 5) is 0. The molecule has 7 heteroatoms. The van der Waals surface area contributed by atoms with Gasteiger partial charge < -0.3 is 33.4 Å². The van der Waals surface area contributed by atoms with Gasteiger partial charge in [0.2, 0.25) is 0 Å². The molecule has 2 aromatic carbocycles. The van der Waals surface area contributed by atoms with Crippen molar-refractivity contribution >= 4 is 42.2 Å². The Morgan fingerprint density at radius 3 is 1.32 bits per heavy atom. The predicted molar refractivity (Wildman–Crippen MR) is 64.7 cm³/mol. The summed E-state index contributed by atoms with van der Waals surface area (Å²) in [5, 5.41) is 0.977. The van der Waals surface area contributed by atoms with Gasteiger partial charge >= 0.3 is 41.9 Å². The van der Waals surface area contributed by atoms with Gasteiger partial charge in [-0.2, -0.15) is 10.6 Å². The van der Waals surface area contributed by atoms with Crippen molar-refractivity contribution in [1.82, 2.24) is 0 Å². The number of hydrogen-bond acceptors (Lipinski definition) is 0. The fourth-order valence-electron chi connectivity index (χ4n) is 1.21. The van der Waals surface area contributed by atoms with E-state index in [9.17, 15) is 8.78 Å². The van der Waals surface area contributed by atoms with E-state index in [-0.39, 0.29) is 78.4 Å². The third-order valence-electron chi connectivity index (χ3n) is 1.95. The van der Waals surface area contributed by atoms with Gasteiger partial charge in [-0.1, -0.05) is 36.4 Å². The SMILES string of the molecule is Fc1ccccc1[P-]c1ccccc1F.[Cl-].[Cl-].[Li+].[Mg+2]. The maximum atomic E-state index is 13.3. The van der Waals surface area contributed by atoms with Crippen LogP contribution in [0.5, 0.6) is 0 Å². The minimum absolute atomic E-state index is 0. The van der Waals surface area contributed by atoms with Crippen molar-refractivity contribution < 1.29 is 52.5 Å². The van der Waals surface area contributed by atoms with Crippen LogP contribution >= 0.6 is 8.58 Å². The van der Waals surface area contributed by atoms with Gasteiger partial charge in [0, 0.05) is 0 Å². The van der Waals surface area contributed by atoms with Crippen LogP contribution in [0, 0.1) is 11.6 Å². The van der Waals surface area contributed by atoms with Gasteiger partial charge in [0.15, 0.2) is 0 Å². The van der Waals surface area contributed by atoms with E-state index < -0.39 is 0 Å². The molecule has 0 spiro atoms. The Labute approximate surface area is 154 Å². The second-order valence-corrected chi connectivity index (χ2v) is 4.20. The van der Waals surface area contributed by atoms with E-state index in [0.717, 1.165) is 0 Å². The standard InChI is InChI=1S/C12H8F2P.2ClH.Li.Mg/c13-9-5-1-3-7-11(9)15-12-8-4-2-6-10(12)14;;;;/h1-8H;2*1H;;/q-1;;;+1;+2/p-2. The van der Waals surface area contributed by atoms with Gasteiger partial charge in [-0.05, 0) is 12.1 Å². The first kappa shape index (κ1) is 24.7. The molecule has 0 nitrogen and oxygen atoms in total. The summed E-state index contributed by atoms with van der Waals surface area (Å²) in [5.74, 6) is -0.607. The summed E-state index contributed by atoms with van der Waals surface area (Å²) in [6.45, 7) is 0. The van der Waals surface area contributed by atoms with E-state index in [1.54, 1.807) is 36.4 Å². The summed E-state index contributed by atoms with van der Waals surface area (Å²) in [5.41, 5.74) is 0. The van der Waals surface area contributed by atoms with Crippen molar-refractivity contribution in [1.29, 1.82) is 0 Å². The van der Waals surface area contributed by atoms with E-state index >= 15 is 0 Å². The smallest absolute Gasteiger partial charge is 1.00 e. The molecule has 0 saturated carbocycles. The van der Waals surface area contributed by atoms with Crippen LogP contribution in [0.15, 0.2) is 48.5 Å². The molecular weight excluding hydrogens is 315 g/mol. The Hall–Kier alpha value is 0.674. The zero-order valence-corrected chi connectivity index (χ0v) is 14.1. The molecule has 2 rings (SSSR count). The zero-order valence-electron chi connectivity index (χ0n) is 10.3. The Morgan fingerprint density at radius 2 is 1.00 bits per heavy atom. The van der Waals surface area contributed by atoms with E-state index in [2.05, 4.69) is 0 Å². The summed E-state index contributed by atoms with van der Waals surface area (Å²) in [6, 6.07) is 12.8. The summed E-state index contributed by atoms with van der Waals surface area (Å²) < 4.78 is 26.6. The maximum Gasteiger partial charge on any atom is 2.00 e. The molecule has 0 N–H and O–H groups in total. The van der Waals surface area contributed by atoms with E-state index in [1.165, 1.54) is 12.1 Å². The molecule has 0 unspecified atom stereocenters. The van der Waals surface area contributed by atoms with E-state index in [1.807, 2.05) is 0 Å². The average molecular weight is 323 g/mol. The molecule has 0 radical (unpaired) electrons. The van der Waals surface area contributed by atoms with Crippen LogP contribution in [-0.4, -0.2) is 23.1 Å². The second kappa shape index (κ2) is 12.4. The fourth-order valence-corrected chi connectivity index (χ4v) is 2.16. The number of rotatable bonds is 2. The topological polar surface area (TPSA) is 0 Å². The van der Waals surface area contributed by atoms with Crippen molar-refractivity contribution in [2.45, 2.75) is 0 Å². The van der Waals surface area contributed by atoms with Crippen LogP contribution in [0.25, 0.3) is 0 Å². The van der Waals surface area contributed by atoms with E-state index in [4.69, 9.17) is 0 Å². The zero-order chi connectivity index (χ0) is 10.7. The third kappa shape index (κ3) is 7.30. The molecule has 0 atom stereocenters. The molecular formula is C12H8Cl2F2LiMgP. The minimum Gasteiger partial charge on any atom is -1.00 e. The van der Waals surface area contributed by atoms with E-state index in [0.29, 0.717) is 19.2 Å². The molecule has 0 aliphatic carbocycles. The first-order chi connectivity index (χ1) is 7.27. The van der Waals surface area contributed by atoms with Crippen molar-refractivity contribution in [3.05, 3.63) is 60.2 Å². The number of halogens is 4. The van der Waals surface area contributed by atoms with Crippen molar-refractivity contribution in [2.24, 2.45) is 0 Å². The Morgan fingerprint density at radius 1 is 0.684 bits per heavy atom. The van der Waals surface area contributed by atoms with Crippen LogP contribution in [0.3, 0.4) is 0 Å². The Kier molecular flexibility index (Phi) is 16.1. The number of benzene rings is 2. The first-order valence-corrected chi connectivity index (χ1v) is 5.37. The normalized spacial score (nSPS) is 8.11. The van der Waals surface area contributed by atoms with Gasteiger partial charge in [0.1, 0.15) is 0 Å². The van der Waals surface area contributed by atoms with Crippen LogP contribution in [0.1, 0.15) is 0 Å². The quantitative estimate of drug-likeness (QED) is 0.381. The van der Waals surface area contributed by atoms with Gasteiger partial charge in [-0.15, -0.1) is 0 Å². The molecule has 0 bridgehead atoms. The first-order valence-electron chi connectivity index (χ1n) is 4.48. The molecule has 0 aliphatic rings. The van der Waals surface area contributed by atoms with Crippen molar-refractivity contribution in [2.75, 3.05) is 0 Å². The largest absolute Gasteiger partial charge is 2.00 e. The molecule has 19 heavy (non-hydrogen) atoms. The number of hydrogen-bond donors (Lipinski definition) is 0. The van der Waals surface area contributed by atoms with Crippen LogP contribution in [0.2, 0.25) is 0 Å². The summed E-state index contributed by atoms with van der Waals surface area (Å²) >= 11 is 0. The van der Waals surface area contributed by atoms with Gasteiger partial charge in [-0.3, -0.25) is 0 Å². The van der Waals surface area contributed by atoms with Gasteiger partial charge in [0.25, 0.3) is 0 Å². The van der Waals surface area contributed by atoms with Crippen LogP contribution in [-0.2, 0) is 0 Å². The molecule has 0 heterocycles. The van der Waals surface area contributed by atoms with Crippen molar-refractivity contribution in [3.8, 4) is 0 Å². The molecule has 0 aromatic heterocycles. The Balaban J connectivity index is -0.000000640. The second-order valence-electron chi connectivity index (χ2n) is 3.01. The molecule has 0 amide bonds. The monoisotopic (exact) mass is 322 g/mol.